The summed E-state index contributed by atoms with van der Waals surface area (Å²) >= 11 is 0. The normalized spacial score (nSPS) is 20.2. The second kappa shape index (κ2) is 10.3. The molecule has 1 N–H and O–H groups in total. The van der Waals surface area contributed by atoms with E-state index >= 15 is 0 Å². The number of carbonyl (C=O) groups is 1. The number of nitrogens with zero attached hydrogens (tertiary/aromatic N) is 1. The van der Waals surface area contributed by atoms with Gasteiger partial charge in [0.2, 0.25) is 0 Å². The number of aliphatic carboxylic acids is 1. The predicted octanol–water partition coefficient (Wildman–Crippen LogP) is 6.74. The topological polar surface area (TPSA) is 49.8 Å². The van der Waals surface area contributed by atoms with Gasteiger partial charge in [-0.3, -0.25) is 9.69 Å². The van der Waals surface area contributed by atoms with Crippen molar-refractivity contribution in [3.63, 3.8) is 0 Å². The Morgan fingerprint density at radius 3 is 2.42 bits per heavy atom. The highest BCUT2D eigenvalue weighted by atomic mass is 19.4. The van der Waals surface area contributed by atoms with Crippen LogP contribution in [0.5, 0.6) is 5.75 Å². The molecule has 2 atom stereocenters. The van der Waals surface area contributed by atoms with Crippen LogP contribution in [0.25, 0.3) is 0 Å². The molecule has 196 valence electrons. The lowest BCUT2D eigenvalue weighted by atomic mass is 9.91. The van der Waals surface area contributed by atoms with Crippen molar-refractivity contribution in [2.75, 3.05) is 13.1 Å². The minimum atomic E-state index is -4.76. The van der Waals surface area contributed by atoms with Gasteiger partial charge in [-0.15, -0.1) is 0 Å². The van der Waals surface area contributed by atoms with Crippen LogP contribution in [0.4, 0.5) is 26.3 Å². The van der Waals surface area contributed by atoms with Gasteiger partial charge in [0.05, 0.1) is 17.5 Å². The van der Waals surface area contributed by atoms with Gasteiger partial charge in [-0.05, 0) is 85.5 Å². The Bertz CT molecular complexity index is 1080. The van der Waals surface area contributed by atoms with Crippen molar-refractivity contribution in [2.24, 2.45) is 5.92 Å². The summed E-state index contributed by atoms with van der Waals surface area (Å²) in [5, 5.41) is 9.26. The molecule has 1 saturated heterocycles. The third-order valence-corrected chi connectivity index (χ3v) is 6.77. The van der Waals surface area contributed by atoms with Gasteiger partial charge in [-0.1, -0.05) is 12.1 Å². The van der Waals surface area contributed by atoms with E-state index in [1.165, 1.54) is 0 Å². The van der Waals surface area contributed by atoms with Crippen LogP contribution in [0.3, 0.4) is 0 Å². The first kappa shape index (κ1) is 26.3. The smallest absolute Gasteiger partial charge is 0.416 e. The molecule has 0 aromatic heterocycles. The summed E-state index contributed by atoms with van der Waals surface area (Å²) in [5.41, 5.74) is -1.72. The molecule has 36 heavy (non-hydrogen) atoms. The van der Waals surface area contributed by atoms with Crippen LogP contribution in [0.2, 0.25) is 0 Å². The van der Waals surface area contributed by atoms with Gasteiger partial charge in [0.1, 0.15) is 11.9 Å². The zero-order valence-corrected chi connectivity index (χ0v) is 19.4. The minimum absolute atomic E-state index is 0.0316. The second-order valence-electron chi connectivity index (χ2n) is 9.60. The fourth-order valence-electron chi connectivity index (χ4n) is 4.93. The van der Waals surface area contributed by atoms with Crippen molar-refractivity contribution in [2.45, 2.75) is 63.0 Å². The molecule has 4 rings (SSSR count). The van der Waals surface area contributed by atoms with Gasteiger partial charge in [-0.25, -0.2) is 0 Å². The van der Waals surface area contributed by atoms with Crippen LogP contribution in [0.15, 0.2) is 42.5 Å². The number of halogens is 6. The van der Waals surface area contributed by atoms with Gasteiger partial charge in [0.15, 0.2) is 0 Å². The molecule has 4 nitrogen and oxygen atoms in total. The Morgan fingerprint density at radius 1 is 1.03 bits per heavy atom. The number of rotatable bonds is 8. The number of ether oxygens (including phenoxy) is 1. The zero-order valence-electron chi connectivity index (χ0n) is 19.4. The Labute approximate surface area is 204 Å². The van der Waals surface area contributed by atoms with Gasteiger partial charge in [0, 0.05) is 13.1 Å². The molecule has 0 bridgehead atoms. The molecule has 2 fully saturated rings. The maximum absolute atomic E-state index is 13.5. The number of benzene rings is 2. The molecule has 1 heterocycles. The molecule has 0 radical (unpaired) electrons. The first-order chi connectivity index (χ1) is 16.9. The lowest BCUT2D eigenvalue weighted by Gasteiger charge is -2.33. The third kappa shape index (κ3) is 6.72. The lowest BCUT2D eigenvalue weighted by molar-refractivity contribution is -0.142. The molecule has 2 aromatic rings. The van der Waals surface area contributed by atoms with E-state index in [2.05, 4.69) is 0 Å². The molecule has 1 aliphatic heterocycles. The molecule has 1 saturated carbocycles. The standard InChI is InChI=1S/C26H27F6NO3/c27-25(28,29)19-8-9-23(26(30,31)32)18(11-19)14-33-10-2-5-21(15-33)36-20-4-1-3-17(12-20)22(13-24(34)35)16-6-7-16/h1,3-4,8-9,11-12,16,21-22H,2,5-7,10,13-15H2,(H,34,35). The number of alkyl halides is 6. The zero-order chi connectivity index (χ0) is 26.1. The third-order valence-electron chi connectivity index (χ3n) is 6.77. The van der Waals surface area contributed by atoms with Crippen LogP contribution in [-0.4, -0.2) is 35.2 Å². The SMILES string of the molecule is O=C(O)CC(c1cccc(OC2CCCN(Cc3cc(C(F)(F)F)ccc3C(F)(F)F)C2)c1)C1CC1. The van der Waals surface area contributed by atoms with Crippen molar-refractivity contribution < 1.29 is 41.0 Å². The Balaban J connectivity index is 1.47. The largest absolute Gasteiger partial charge is 0.489 e. The van der Waals surface area contributed by atoms with Crippen LogP contribution >= 0.6 is 0 Å². The molecule has 0 amide bonds. The molecule has 2 aromatic carbocycles. The monoisotopic (exact) mass is 515 g/mol. The highest BCUT2D eigenvalue weighted by Gasteiger charge is 2.38. The first-order valence-corrected chi connectivity index (χ1v) is 11.9. The van der Waals surface area contributed by atoms with Crippen LogP contribution in [-0.2, 0) is 23.7 Å². The molecule has 2 unspecified atom stereocenters. The maximum Gasteiger partial charge on any atom is 0.416 e. The van der Waals surface area contributed by atoms with E-state index in [1.807, 2.05) is 12.1 Å². The molecule has 10 heteroatoms. The van der Waals surface area contributed by atoms with Crippen molar-refractivity contribution >= 4 is 5.97 Å². The summed E-state index contributed by atoms with van der Waals surface area (Å²) < 4.78 is 86.0. The second-order valence-corrected chi connectivity index (χ2v) is 9.60. The molecule has 1 aliphatic carbocycles. The fourth-order valence-corrected chi connectivity index (χ4v) is 4.93. The molecular weight excluding hydrogens is 488 g/mol. The minimum Gasteiger partial charge on any atom is -0.489 e. The Hall–Kier alpha value is -2.75. The number of carboxylic acids is 1. The van der Waals surface area contributed by atoms with Crippen molar-refractivity contribution in [3.05, 3.63) is 64.7 Å². The highest BCUT2D eigenvalue weighted by Crippen LogP contribution is 2.45. The lowest BCUT2D eigenvalue weighted by Crippen LogP contribution is -2.41. The van der Waals surface area contributed by atoms with E-state index in [9.17, 15) is 36.2 Å². The molecule has 0 spiro atoms. The molecular formula is C26H27F6NO3. The van der Waals surface area contributed by atoms with E-state index in [0.29, 0.717) is 49.3 Å². The summed E-state index contributed by atoms with van der Waals surface area (Å²) in [5.74, 6) is -0.0909. The maximum atomic E-state index is 13.5. The highest BCUT2D eigenvalue weighted by molar-refractivity contribution is 5.68. The van der Waals surface area contributed by atoms with Crippen molar-refractivity contribution in [1.29, 1.82) is 0 Å². The summed E-state index contributed by atoms with van der Waals surface area (Å²) in [7, 11) is 0. The summed E-state index contributed by atoms with van der Waals surface area (Å²) in [6.45, 7) is 0.426. The number of piperidine rings is 1. The van der Waals surface area contributed by atoms with Crippen molar-refractivity contribution in [3.8, 4) is 5.75 Å². The van der Waals surface area contributed by atoms with E-state index in [1.54, 1.807) is 17.0 Å². The number of likely N-dealkylation sites (tertiary alicyclic amines) is 1. The van der Waals surface area contributed by atoms with Crippen LogP contribution in [0.1, 0.15) is 60.3 Å². The summed E-state index contributed by atoms with van der Waals surface area (Å²) in [6.07, 6.45) is -6.59. The van der Waals surface area contributed by atoms with Crippen LogP contribution in [0, 0.1) is 5.92 Å². The molecule has 2 aliphatic rings. The van der Waals surface area contributed by atoms with Gasteiger partial charge in [0.25, 0.3) is 0 Å². The van der Waals surface area contributed by atoms with Crippen LogP contribution < -0.4 is 4.74 Å². The van der Waals surface area contributed by atoms with E-state index in [0.717, 1.165) is 18.4 Å². The number of hydrogen-bond acceptors (Lipinski definition) is 3. The average Bonchev–Trinajstić information content (AvgIpc) is 3.62. The van der Waals surface area contributed by atoms with E-state index in [-0.39, 0.29) is 31.5 Å². The van der Waals surface area contributed by atoms with E-state index in [4.69, 9.17) is 4.74 Å². The average molecular weight is 515 g/mol. The van der Waals surface area contributed by atoms with Gasteiger partial charge in [-0.2, -0.15) is 26.3 Å². The number of carboxylic acid groups (broad SMARTS) is 1. The summed E-state index contributed by atoms with van der Waals surface area (Å²) in [6, 6.07) is 8.77. The predicted molar refractivity (Wildman–Crippen MR) is 120 cm³/mol. The summed E-state index contributed by atoms with van der Waals surface area (Å²) in [4.78, 5) is 13.0. The van der Waals surface area contributed by atoms with Gasteiger partial charge >= 0.3 is 18.3 Å². The van der Waals surface area contributed by atoms with Gasteiger partial charge < -0.3 is 9.84 Å². The number of hydrogen-bond donors (Lipinski definition) is 1. The fraction of sp³-hybridized carbons (Fsp3) is 0.500. The van der Waals surface area contributed by atoms with Crippen molar-refractivity contribution in [1.82, 2.24) is 4.90 Å². The first-order valence-electron chi connectivity index (χ1n) is 11.9. The van der Waals surface area contributed by atoms with E-state index < -0.39 is 35.0 Å². The quantitative estimate of drug-likeness (QED) is 0.396. The Morgan fingerprint density at radius 2 is 1.78 bits per heavy atom. The Kier molecular flexibility index (Phi) is 7.54.